The molecule has 0 aromatic carbocycles. The number of nitrogens with one attached hydrogen (secondary N) is 1. The fourth-order valence-electron chi connectivity index (χ4n) is 6.09. The van der Waals surface area contributed by atoms with Crippen LogP contribution in [0.5, 0.6) is 11.5 Å². The summed E-state index contributed by atoms with van der Waals surface area (Å²) < 4.78 is 13.9. The highest BCUT2D eigenvalue weighted by Gasteiger charge is 2.29. The Morgan fingerprint density at radius 2 is 1.25 bits per heavy atom. The highest BCUT2D eigenvalue weighted by molar-refractivity contribution is 14.1. The van der Waals surface area contributed by atoms with Gasteiger partial charge in [-0.25, -0.2) is 29.9 Å². The highest BCUT2D eigenvalue weighted by Crippen LogP contribution is 2.35. The summed E-state index contributed by atoms with van der Waals surface area (Å²) in [5.41, 5.74) is 23.8. The standard InChI is InChI=1S/C17H16ClN7O2.C11H10IN5O.C6H7ClN2O/c1-25-14-9(13(24-25)16(19)26)4-3-8-7-20-17(23-12(8)14)22-11-6-5-10(27-2)15(18)21-11;1-17-9-6(8(16-17)10(13)18)3-2-5-4-14-11(12)15-7(5)9;1-10-4-2-3-5(8)9-6(4)7/h5-7H,3-4H2,1-2H3,(H2,19,26)(H,20,21,22,23);4H,2-3H2,1H3,(H2,13,18);2-3H,1H3,(H2,8,9). The summed E-state index contributed by atoms with van der Waals surface area (Å²) in [6.45, 7) is 0. The van der Waals surface area contributed by atoms with E-state index in [0.29, 0.717) is 56.6 Å². The molecule has 0 unspecified atom stereocenters. The zero-order valence-corrected chi connectivity index (χ0v) is 33.4. The van der Waals surface area contributed by atoms with E-state index in [9.17, 15) is 9.59 Å². The number of fused-ring (bicyclic) bond motifs is 6. The van der Waals surface area contributed by atoms with Gasteiger partial charge in [-0.1, -0.05) is 23.2 Å². The Morgan fingerprint density at radius 1 is 0.745 bits per heavy atom. The second-order valence-corrected chi connectivity index (χ2v) is 13.6. The third-order valence-corrected chi connectivity index (χ3v) is 9.59. The summed E-state index contributed by atoms with van der Waals surface area (Å²) >= 11 is 13.7. The minimum Gasteiger partial charge on any atom is -0.494 e. The lowest BCUT2D eigenvalue weighted by Crippen LogP contribution is -2.16. The summed E-state index contributed by atoms with van der Waals surface area (Å²) in [6, 6.07) is 6.72. The monoisotopic (exact) mass is 898 g/mol. The average Bonchev–Trinajstić information content (AvgIpc) is 3.69. The molecule has 0 saturated carbocycles. The maximum atomic E-state index is 11.7. The van der Waals surface area contributed by atoms with E-state index in [0.717, 1.165) is 57.9 Å². The second-order valence-electron chi connectivity index (χ2n) is 12.0. The third kappa shape index (κ3) is 8.22. The topological polar surface area (TPSA) is 256 Å². The van der Waals surface area contributed by atoms with Crippen molar-refractivity contribution in [3.8, 4) is 34.3 Å². The molecule has 0 aliphatic heterocycles. The molecule has 8 rings (SSSR count). The molecular weight excluding hydrogens is 866 g/mol. The zero-order valence-electron chi connectivity index (χ0n) is 29.8. The van der Waals surface area contributed by atoms with Crippen LogP contribution in [0.1, 0.15) is 43.2 Å². The Labute approximate surface area is 337 Å². The summed E-state index contributed by atoms with van der Waals surface area (Å²) in [4.78, 5) is 48.6. The van der Waals surface area contributed by atoms with E-state index in [1.54, 1.807) is 53.9 Å². The zero-order chi connectivity index (χ0) is 39.6. The first-order valence-electron chi connectivity index (χ1n) is 16.3. The van der Waals surface area contributed by atoms with Crippen molar-refractivity contribution in [3.63, 3.8) is 0 Å². The molecule has 6 aromatic rings. The predicted octanol–water partition coefficient (Wildman–Crippen LogP) is 3.88. The summed E-state index contributed by atoms with van der Waals surface area (Å²) in [5.74, 6) is 1.23. The SMILES string of the molecule is COc1ccc(N)nc1Cl.COc1ccc(Nc2ncc3c(n2)-c2c(c(C(N)=O)nn2C)CC3)nc1Cl.Cn1nc(C(N)=O)c2c1-c1nc(I)ncc1CC2. The maximum absolute atomic E-state index is 11.7. The van der Waals surface area contributed by atoms with Gasteiger partial charge in [-0.3, -0.25) is 19.0 Å². The van der Waals surface area contributed by atoms with Crippen LogP contribution in [-0.4, -0.2) is 75.5 Å². The molecule has 0 radical (unpaired) electrons. The Balaban J connectivity index is 0.000000157. The molecule has 0 saturated heterocycles. The van der Waals surface area contributed by atoms with Crippen molar-refractivity contribution >= 4 is 75.2 Å². The number of aromatic nitrogens is 10. The lowest BCUT2D eigenvalue weighted by Gasteiger charge is -2.17. The number of rotatable bonds is 6. The highest BCUT2D eigenvalue weighted by atomic mass is 127. The number of primary amides is 2. The fraction of sp³-hybridized carbons (Fsp3) is 0.235. The van der Waals surface area contributed by atoms with E-state index in [2.05, 4.69) is 68.0 Å². The molecule has 55 heavy (non-hydrogen) atoms. The molecule has 2 aliphatic rings. The van der Waals surface area contributed by atoms with Crippen molar-refractivity contribution in [2.75, 3.05) is 25.3 Å². The number of pyridine rings is 2. The molecule has 0 atom stereocenters. The van der Waals surface area contributed by atoms with Crippen LogP contribution in [0.4, 0.5) is 17.6 Å². The molecule has 18 nitrogen and oxygen atoms in total. The normalized spacial score (nSPS) is 12.0. The minimum atomic E-state index is -0.542. The number of anilines is 3. The van der Waals surface area contributed by atoms with Gasteiger partial charge >= 0.3 is 0 Å². The van der Waals surface area contributed by atoms with Gasteiger partial charge in [0.15, 0.2) is 37.0 Å². The van der Waals surface area contributed by atoms with Crippen LogP contribution >= 0.6 is 45.8 Å². The maximum Gasteiger partial charge on any atom is 0.269 e. The molecule has 0 bridgehead atoms. The van der Waals surface area contributed by atoms with Crippen LogP contribution in [0.3, 0.4) is 0 Å². The number of aryl methyl sites for hydroxylation is 4. The van der Waals surface area contributed by atoms with Crippen LogP contribution in [0, 0.1) is 3.83 Å². The lowest BCUT2D eigenvalue weighted by atomic mass is 9.93. The number of carbonyl (C=O) groups excluding carboxylic acids is 2. The van der Waals surface area contributed by atoms with Crippen molar-refractivity contribution in [2.24, 2.45) is 25.6 Å². The smallest absolute Gasteiger partial charge is 0.269 e. The molecule has 284 valence electrons. The van der Waals surface area contributed by atoms with Gasteiger partial charge in [-0.15, -0.1) is 0 Å². The predicted molar refractivity (Wildman–Crippen MR) is 212 cm³/mol. The van der Waals surface area contributed by atoms with Gasteiger partial charge in [0.2, 0.25) is 5.95 Å². The number of hydrogen-bond donors (Lipinski definition) is 4. The van der Waals surface area contributed by atoms with Gasteiger partial charge in [-0.05, 0) is 61.1 Å². The molecule has 2 aliphatic carbocycles. The Bertz CT molecular complexity index is 2460. The van der Waals surface area contributed by atoms with Crippen molar-refractivity contribution in [3.05, 3.63) is 84.4 Å². The van der Waals surface area contributed by atoms with Crippen LogP contribution < -0.4 is 32.0 Å². The van der Waals surface area contributed by atoms with Gasteiger partial charge in [-0.2, -0.15) is 10.2 Å². The number of nitrogens with zero attached hydrogens (tertiary/aromatic N) is 10. The van der Waals surface area contributed by atoms with Gasteiger partial charge in [0.25, 0.3) is 11.8 Å². The molecule has 0 fully saturated rings. The number of methoxy groups -OCH3 is 2. The number of halogens is 3. The Morgan fingerprint density at radius 3 is 1.76 bits per heavy atom. The second kappa shape index (κ2) is 16.4. The number of carbonyl (C=O) groups is 2. The summed E-state index contributed by atoms with van der Waals surface area (Å²) in [5, 5.41) is 12.0. The number of amides is 2. The van der Waals surface area contributed by atoms with Gasteiger partial charge in [0, 0.05) is 60.2 Å². The molecule has 6 aromatic heterocycles. The van der Waals surface area contributed by atoms with Crippen LogP contribution in [0.2, 0.25) is 10.3 Å². The molecule has 7 N–H and O–H groups in total. The van der Waals surface area contributed by atoms with E-state index >= 15 is 0 Å². The van der Waals surface area contributed by atoms with Crippen molar-refractivity contribution < 1.29 is 19.1 Å². The average molecular weight is 900 g/mol. The molecule has 6 heterocycles. The van der Waals surface area contributed by atoms with Gasteiger partial charge < -0.3 is 32.0 Å². The fourth-order valence-corrected chi connectivity index (χ4v) is 6.94. The molecular formula is C34H33Cl2IN14O4. The summed E-state index contributed by atoms with van der Waals surface area (Å²) in [7, 11) is 6.61. The first kappa shape index (κ1) is 39.0. The minimum absolute atomic E-state index is 0.237. The number of ether oxygens (including phenoxy) is 2. The summed E-state index contributed by atoms with van der Waals surface area (Å²) in [6.07, 6.45) is 6.53. The van der Waals surface area contributed by atoms with Crippen LogP contribution in [0.25, 0.3) is 22.8 Å². The van der Waals surface area contributed by atoms with Crippen molar-refractivity contribution in [2.45, 2.75) is 25.7 Å². The number of nitrogen functional groups attached to an aromatic ring is 1. The van der Waals surface area contributed by atoms with Gasteiger partial charge in [0.05, 0.1) is 37.0 Å². The first-order valence-corrected chi connectivity index (χ1v) is 18.2. The molecule has 21 heteroatoms. The van der Waals surface area contributed by atoms with Gasteiger partial charge in [0.1, 0.15) is 11.6 Å². The molecule has 2 amide bonds. The van der Waals surface area contributed by atoms with Crippen molar-refractivity contribution in [1.82, 2.24) is 49.5 Å². The number of nitrogens with two attached hydrogens (primary N) is 3. The third-order valence-electron chi connectivity index (χ3n) is 8.52. The largest absolute Gasteiger partial charge is 0.494 e. The van der Waals surface area contributed by atoms with Crippen LogP contribution in [0.15, 0.2) is 36.7 Å². The van der Waals surface area contributed by atoms with E-state index in [-0.39, 0.29) is 10.8 Å². The Hall–Kier alpha value is -5.67. The molecule has 0 spiro atoms. The van der Waals surface area contributed by atoms with Crippen molar-refractivity contribution in [1.29, 1.82) is 0 Å². The number of hydrogen-bond acceptors (Lipinski definition) is 14. The lowest BCUT2D eigenvalue weighted by molar-refractivity contribution is 0.0985. The van der Waals surface area contributed by atoms with E-state index in [1.807, 2.05) is 6.20 Å². The Kier molecular flexibility index (Phi) is 11.6. The quantitative estimate of drug-likeness (QED) is 0.105. The first-order chi connectivity index (χ1) is 26.3. The van der Waals surface area contributed by atoms with E-state index < -0.39 is 11.8 Å². The van der Waals surface area contributed by atoms with Crippen LogP contribution in [-0.2, 0) is 39.8 Å². The van der Waals surface area contributed by atoms with E-state index in [4.69, 9.17) is 49.9 Å². The van der Waals surface area contributed by atoms with E-state index in [1.165, 1.54) is 14.2 Å².